The summed E-state index contributed by atoms with van der Waals surface area (Å²) in [5.74, 6) is -0.138. The lowest BCUT2D eigenvalue weighted by atomic mass is 10.1. The van der Waals surface area contributed by atoms with E-state index in [-0.39, 0.29) is 18.1 Å². The van der Waals surface area contributed by atoms with Crippen molar-refractivity contribution < 1.29 is 9.59 Å². The number of amides is 1. The van der Waals surface area contributed by atoms with E-state index in [2.05, 4.69) is 24.1 Å². The molecule has 3 aromatic rings. The lowest BCUT2D eigenvalue weighted by molar-refractivity contribution is -0.120. The van der Waals surface area contributed by atoms with E-state index >= 15 is 0 Å². The molecule has 0 spiro atoms. The highest BCUT2D eigenvalue weighted by Crippen LogP contribution is 2.19. The molecule has 0 fully saturated rings. The summed E-state index contributed by atoms with van der Waals surface area (Å²) in [6, 6.07) is 20.5. The molecule has 0 radical (unpaired) electrons. The minimum Gasteiger partial charge on any atom is -0.354 e. The van der Waals surface area contributed by atoms with E-state index < -0.39 is 0 Å². The number of rotatable bonds is 11. The number of carbonyl (C=O) groups excluding carboxylic acids is 2. The molecular weight excluding hydrogens is 422 g/mol. The Morgan fingerprint density at radius 2 is 1.62 bits per heavy atom. The molecule has 0 bridgehead atoms. The zero-order valence-corrected chi connectivity index (χ0v) is 19.4. The molecule has 0 atom stereocenters. The fourth-order valence-corrected chi connectivity index (χ4v) is 3.81. The number of hydrogen-bond acceptors (Lipinski definition) is 3. The zero-order valence-electron chi connectivity index (χ0n) is 18.7. The van der Waals surface area contributed by atoms with Crippen molar-refractivity contribution in [2.24, 2.45) is 0 Å². The fourth-order valence-electron chi connectivity index (χ4n) is 3.68. The van der Waals surface area contributed by atoms with Crippen LogP contribution in [-0.2, 0) is 17.8 Å². The van der Waals surface area contributed by atoms with Gasteiger partial charge in [0.15, 0.2) is 0 Å². The van der Waals surface area contributed by atoms with Crippen molar-refractivity contribution >= 4 is 23.3 Å². The van der Waals surface area contributed by atoms with Crippen molar-refractivity contribution in [3.8, 4) is 0 Å². The Kier molecular flexibility index (Phi) is 8.65. The zero-order chi connectivity index (χ0) is 22.9. The lowest BCUT2D eigenvalue weighted by Crippen LogP contribution is -2.35. The first-order valence-corrected chi connectivity index (χ1v) is 11.4. The van der Waals surface area contributed by atoms with Gasteiger partial charge in [0.2, 0.25) is 11.7 Å². The first-order chi connectivity index (χ1) is 15.5. The molecule has 1 N–H and O–H groups in total. The summed E-state index contributed by atoms with van der Waals surface area (Å²) in [7, 11) is 0. The summed E-state index contributed by atoms with van der Waals surface area (Å²) >= 11 is 5.98. The van der Waals surface area contributed by atoms with Crippen LogP contribution >= 0.6 is 11.6 Å². The van der Waals surface area contributed by atoms with Crippen LogP contribution in [0.5, 0.6) is 0 Å². The minimum absolute atomic E-state index is 0.0462. The monoisotopic (exact) mass is 451 g/mol. The van der Waals surface area contributed by atoms with Crippen molar-refractivity contribution in [3.05, 3.63) is 94.3 Å². The summed E-state index contributed by atoms with van der Waals surface area (Å²) in [5.41, 5.74) is 3.00. The summed E-state index contributed by atoms with van der Waals surface area (Å²) in [5, 5.41) is 3.59. The van der Waals surface area contributed by atoms with Crippen LogP contribution in [0, 0.1) is 0 Å². The van der Waals surface area contributed by atoms with Gasteiger partial charge < -0.3 is 14.8 Å². The largest absolute Gasteiger partial charge is 0.354 e. The Morgan fingerprint density at radius 1 is 0.938 bits per heavy atom. The Hall–Kier alpha value is -2.89. The average Bonchev–Trinajstić information content (AvgIpc) is 3.19. The number of nitrogens with zero attached hydrogens (tertiary/aromatic N) is 2. The number of hydrogen-bond donors (Lipinski definition) is 1. The Morgan fingerprint density at radius 3 is 2.28 bits per heavy atom. The van der Waals surface area contributed by atoms with Crippen LogP contribution in [0.25, 0.3) is 0 Å². The second kappa shape index (κ2) is 11.7. The van der Waals surface area contributed by atoms with Crippen LogP contribution in [0.1, 0.15) is 41.2 Å². The van der Waals surface area contributed by atoms with E-state index in [1.54, 1.807) is 30.3 Å². The topological polar surface area (TPSA) is 54.3 Å². The van der Waals surface area contributed by atoms with Gasteiger partial charge in [-0.1, -0.05) is 55.8 Å². The quantitative estimate of drug-likeness (QED) is 0.439. The maximum atomic E-state index is 13.2. The molecule has 3 rings (SSSR count). The predicted octanol–water partition coefficient (Wildman–Crippen LogP) is 4.42. The normalized spacial score (nSPS) is 11.0. The van der Waals surface area contributed by atoms with Crippen molar-refractivity contribution in [3.63, 3.8) is 0 Å². The van der Waals surface area contributed by atoms with Crippen LogP contribution in [0.4, 0.5) is 0 Å². The van der Waals surface area contributed by atoms with E-state index in [1.165, 1.54) is 0 Å². The highest BCUT2D eigenvalue weighted by Gasteiger charge is 2.19. The molecular formula is C26H30ClN3O2. The highest BCUT2D eigenvalue weighted by atomic mass is 35.5. The molecule has 0 unspecified atom stereocenters. The molecule has 2 aromatic carbocycles. The third-order valence-corrected chi connectivity index (χ3v) is 5.83. The molecule has 1 amide bonds. The van der Waals surface area contributed by atoms with Crippen LogP contribution < -0.4 is 5.32 Å². The molecule has 32 heavy (non-hydrogen) atoms. The van der Waals surface area contributed by atoms with Gasteiger partial charge in [0.1, 0.15) is 0 Å². The smallest absolute Gasteiger partial charge is 0.225 e. The number of nitrogens with one attached hydrogen (secondary N) is 1. The molecule has 0 aliphatic rings. The van der Waals surface area contributed by atoms with Crippen molar-refractivity contribution in [1.29, 1.82) is 0 Å². The molecule has 168 valence electrons. The van der Waals surface area contributed by atoms with Gasteiger partial charge in [-0.05, 0) is 55.1 Å². The highest BCUT2D eigenvalue weighted by molar-refractivity contribution is 6.30. The van der Waals surface area contributed by atoms with Gasteiger partial charge in [0.25, 0.3) is 0 Å². The second-order valence-electron chi connectivity index (χ2n) is 7.67. The number of halogens is 1. The summed E-state index contributed by atoms with van der Waals surface area (Å²) in [6.45, 7) is 8.10. The third kappa shape index (κ3) is 6.31. The van der Waals surface area contributed by atoms with E-state index in [9.17, 15) is 9.59 Å². The van der Waals surface area contributed by atoms with Crippen molar-refractivity contribution in [2.45, 2.75) is 26.8 Å². The Labute approximate surface area is 195 Å². The molecule has 1 heterocycles. The van der Waals surface area contributed by atoms with E-state index in [4.69, 9.17) is 11.6 Å². The molecule has 1 aromatic heterocycles. The van der Waals surface area contributed by atoms with Gasteiger partial charge in [-0.3, -0.25) is 9.59 Å². The number of ketones is 1. The number of carbonyl (C=O) groups is 2. The maximum absolute atomic E-state index is 13.2. The van der Waals surface area contributed by atoms with Crippen molar-refractivity contribution in [2.75, 3.05) is 26.2 Å². The van der Waals surface area contributed by atoms with Gasteiger partial charge in [-0.25, -0.2) is 0 Å². The predicted molar refractivity (Wildman–Crippen MR) is 129 cm³/mol. The molecule has 0 aliphatic heterocycles. The van der Waals surface area contributed by atoms with Gasteiger partial charge in [0, 0.05) is 35.9 Å². The van der Waals surface area contributed by atoms with Gasteiger partial charge in [0.05, 0.1) is 12.1 Å². The van der Waals surface area contributed by atoms with Crippen LogP contribution in [0.3, 0.4) is 0 Å². The standard InChI is InChI=1S/C26H30ClN3O2/c1-3-29(4-2)17-16-28-25(31)18-23-14-15-24(26(32)21-10-12-22(27)13-11-21)30(23)19-20-8-6-5-7-9-20/h5-15H,3-4,16-19H2,1-2H3,(H,28,31). The minimum atomic E-state index is -0.0919. The summed E-state index contributed by atoms with van der Waals surface area (Å²) < 4.78 is 1.94. The van der Waals surface area contributed by atoms with Crippen molar-refractivity contribution in [1.82, 2.24) is 14.8 Å². The molecule has 0 aliphatic carbocycles. The maximum Gasteiger partial charge on any atom is 0.225 e. The summed E-state index contributed by atoms with van der Waals surface area (Å²) in [6.07, 6.45) is 0.221. The number of aromatic nitrogens is 1. The molecule has 5 nitrogen and oxygen atoms in total. The number of benzene rings is 2. The van der Waals surface area contributed by atoms with Crippen LogP contribution in [0.2, 0.25) is 5.02 Å². The Balaban J connectivity index is 1.80. The SMILES string of the molecule is CCN(CC)CCNC(=O)Cc1ccc(C(=O)c2ccc(Cl)cc2)n1Cc1ccccc1. The molecule has 6 heteroatoms. The fraction of sp³-hybridized carbons (Fsp3) is 0.308. The lowest BCUT2D eigenvalue weighted by Gasteiger charge is -2.18. The number of likely N-dealkylation sites (N-methyl/N-ethyl adjacent to an activating group) is 1. The van der Waals surface area contributed by atoms with Gasteiger partial charge >= 0.3 is 0 Å². The second-order valence-corrected chi connectivity index (χ2v) is 8.11. The van der Waals surface area contributed by atoms with Crippen LogP contribution in [-0.4, -0.2) is 47.3 Å². The van der Waals surface area contributed by atoms with E-state index in [0.29, 0.717) is 29.4 Å². The van der Waals surface area contributed by atoms with E-state index in [1.807, 2.05) is 41.0 Å². The third-order valence-electron chi connectivity index (χ3n) is 5.58. The summed E-state index contributed by atoms with van der Waals surface area (Å²) in [4.78, 5) is 28.1. The average molecular weight is 452 g/mol. The molecule has 0 saturated carbocycles. The van der Waals surface area contributed by atoms with Crippen LogP contribution in [0.15, 0.2) is 66.7 Å². The first-order valence-electron chi connectivity index (χ1n) is 11.0. The van der Waals surface area contributed by atoms with Gasteiger partial charge in [-0.2, -0.15) is 0 Å². The van der Waals surface area contributed by atoms with Gasteiger partial charge in [-0.15, -0.1) is 0 Å². The first kappa shape index (κ1) is 23.8. The van der Waals surface area contributed by atoms with E-state index in [0.717, 1.165) is 30.9 Å². The molecule has 0 saturated heterocycles. The Bertz CT molecular complexity index is 1020.